The second-order valence-corrected chi connectivity index (χ2v) is 12.6. The molecular weight excluding hydrogens is 612 g/mol. The van der Waals surface area contributed by atoms with E-state index >= 15 is 0 Å². The molecule has 4 fully saturated rings. The standard InChI is InChI=1S/C20H28N2O5.C13H22N2O5/c1-22(14-17-25-12-13-26-17)19(24)21-20(10-6-3-7-11-20)18(23)27-15-16-8-4-2-5-9-16;1-15(9-10-19-7-8-20-10)12(18)14-13(11(16)17)5-3-2-4-6-13/h2,4-5,8-9,17H,3,6-7,10-15H2,1H3,(H,21,24);10H,2-9H2,1H3,(H,14,18)(H,16,17). The Morgan fingerprint density at radius 1 is 0.723 bits per heavy atom. The minimum atomic E-state index is -1.12. The van der Waals surface area contributed by atoms with Crippen LogP contribution in [0.15, 0.2) is 30.3 Å². The van der Waals surface area contributed by atoms with Gasteiger partial charge in [0, 0.05) is 14.1 Å². The third-order valence-electron chi connectivity index (χ3n) is 9.04. The molecule has 262 valence electrons. The Morgan fingerprint density at radius 2 is 1.15 bits per heavy atom. The van der Waals surface area contributed by atoms with Crippen LogP contribution in [0.5, 0.6) is 0 Å². The van der Waals surface area contributed by atoms with Crippen LogP contribution in [0, 0.1) is 0 Å². The molecule has 1 aromatic carbocycles. The van der Waals surface area contributed by atoms with Crippen molar-refractivity contribution in [2.24, 2.45) is 0 Å². The van der Waals surface area contributed by atoms with Gasteiger partial charge >= 0.3 is 24.0 Å². The van der Waals surface area contributed by atoms with Crippen molar-refractivity contribution in [3.05, 3.63) is 35.9 Å². The molecule has 2 heterocycles. The van der Waals surface area contributed by atoms with Gasteiger partial charge in [0.15, 0.2) is 12.6 Å². The van der Waals surface area contributed by atoms with Crippen molar-refractivity contribution in [1.82, 2.24) is 20.4 Å². The molecule has 2 saturated carbocycles. The first-order chi connectivity index (χ1) is 22.6. The Hall–Kier alpha value is -3.46. The largest absolute Gasteiger partial charge is 0.480 e. The Balaban J connectivity index is 0.000000223. The fraction of sp³-hybridized carbons (Fsp3) is 0.697. The van der Waals surface area contributed by atoms with Gasteiger partial charge in [0.25, 0.3) is 0 Å². The zero-order valence-electron chi connectivity index (χ0n) is 27.6. The number of carboxylic acids is 1. The average molecular weight is 663 g/mol. The average Bonchev–Trinajstić information content (AvgIpc) is 3.80. The third-order valence-corrected chi connectivity index (χ3v) is 9.04. The second kappa shape index (κ2) is 17.6. The molecule has 0 unspecified atom stereocenters. The van der Waals surface area contributed by atoms with Crippen molar-refractivity contribution in [3.63, 3.8) is 0 Å². The number of nitrogens with zero attached hydrogens (tertiary/aromatic N) is 2. The number of carboxylic acid groups (broad SMARTS) is 1. The van der Waals surface area contributed by atoms with Crippen molar-refractivity contribution in [2.45, 2.75) is 94.5 Å². The van der Waals surface area contributed by atoms with E-state index < -0.39 is 35.7 Å². The lowest BCUT2D eigenvalue weighted by molar-refractivity contribution is -0.154. The number of benzene rings is 1. The molecule has 2 aliphatic heterocycles. The zero-order valence-corrected chi connectivity index (χ0v) is 27.6. The molecule has 14 nitrogen and oxygen atoms in total. The van der Waals surface area contributed by atoms with Crippen LogP contribution in [0.4, 0.5) is 9.59 Å². The van der Waals surface area contributed by atoms with Gasteiger partial charge in [0.1, 0.15) is 17.7 Å². The predicted molar refractivity (Wildman–Crippen MR) is 169 cm³/mol. The Morgan fingerprint density at radius 3 is 1.60 bits per heavy atom. The molecular formula is C33H50N4O10. The van der Waals surface area contributed by atoms with Crippen LogP contribution in [0.25, 0.3) is 0 Å². The molecule has 0 spiro atoms. The molecule has 0 radical (unpaired) electrons. The first kappa shape index (κ1) is 36.4. The third kappa shape index (κ3) is 10.5. The summed E-state index contributed by atoms with van der Waals surface area (Å²) >= 11 is 0. The predicted octanol–water partition coefficient (Wildman–Crippen LogP) is 3.24. The van der Waals surface area contributed by atoms with Gasteiger partial charge in [-0.2, -0.15) is 0 Å². The Labute approximate surface area is 276 Å². The fourth-order valence-corrected chi connectivity index (χ4v) is 6.18. The van der Waals surface area contributed by atoms with E-state index in [2.05, 4.69) is 10.6 Å². The van der Waals surface area contributed by atoms with Crippen LogP contribution >= 0.6 is 0 Å². The van der Waals surface area contributed by atoms with Crippen molar-refractivity contribution in [3.8, 4) is 0 Å². The number of nitrogens with one attached hydrogen (secondary N) is 2. The van der Waals surface area contributed by atoms with Gasteiger partial charge in [-0.1, -0.05) is 68.9 Å². The van der Waals surface area contributed by atoms with E-state index in [1.54, 1.807) is 14.1 Å². The lowest BCUT2D eigenvalue weighted by Gasteiger charge is -2.37. The molecule has 47 heavy (non-hydrogen) atoms. The van der Waals surface area contributed by atoms with Crippen LogP contribution in [0.2, 0.25) is 0 Å². The molecule has 5 rings (SSSR count). The maximum Gasteiger partial charge on any atom is 0.332 e. The normalized spacial score (nSPS) is 20.7. The first-order valence-corrected chi connectivity index (χ1v) is 16.6. The number of ether oxygens (including phenoxy) is 5. The molecule has 4 aliphatic rings. The number of rotatable bonds is 10. The van der Waals surface area contributed by atoms with Crippen LogP contribution in [-0.2, 0) is 39.9 Å². The number of hydrogen-bond acceptors (Lipinski definition) is 9. The van der Waals surface area contributed by atoms with Crippen molar-refractivity contribution in [1.29, 1.82) is 0 Å². The van der Waals surface area contributed by atoms with Crippen molar-refractivity contribution in [2.75, 3.05) is 53.6 Å². The SMILES string of the molecule is CN(CC1OCCO1)C(=O)NC1(C(=O)O)CCCCC1.CN(CC1OCCO1)C(=O)NC1(C(=O)OCc2ccccc2)CCCCC1. The van der Waals surface area contributed by atoms with Gasteiger partial charge in [-0.25, -0.2) is 19.2 Å². The molecule has 3 N–H and O–H groups in total. The summed E-state index contributed by atoms with van der Waals surface area (Å²) in [7, 11) is 3.28. The molecule has 14 heteroatoms. The van der Waals surface area contributed by atoms with Gasteiger partial charge in [0.2, 0.25) is 0 Å². The number of esters is 1. The number of carbonyl (C=O) groups is 4. The van der Waals surface area contributed by atoms with E-state index in [1.807, 2.05) is 30.3 Å². The number of carbonyl (C=O) groups excluding carboxylic acids is 3. The van der Waals surface area contributed by atoms with Crippen LogP contribution in [0.1, 0.15) is 69.8 Å². The summed E-state index contributed by atoms with van der Waals surface area (Å²) < 4.78 is 26.9. The lowest BCUT2D eigenvalue weighted by Crippen LogP contribution is -2.59. The van der Waals surface area contributed by atoms with Gasteiger partial charge in [-0.15, -0.1) is 0 Å². The number of amides is 4. The highest BCUT2D eigenvalue weighted by Crippen LogP contribution is 2.31. The van der Waals surface area contributed by atoms with Crippen LogP contribution in [-0.4, -0.2) is 116 Å². The summed E-state index contributed by atoms with van der Waals surface area (Å²) in [5.74, 6) is -1.31. The highest BCUT2D eigenvalue weighted by Gasteiger charge is 2.44. The van der Waals surface area contributed by atoms with E-state index in [9.17, 15) is 24.3 Å². The summed E-state index contributed by atoms with van der Waals surface area (Å²) in [6.07, 6.45) is 6.83. The molecule has 2 saturated heterocycles. The minimum absolute atomic E-state index is 0.205. The van der Waals surface area contributed by atoms with E-state index in [0.717, 1.165) is 44.1 Å². The number of likely N-dealkylation sites (N-methyl/N-ethyl adjacent to an activating group) is 2. The van der Waals surface area contributed by atoms with E-state index in [4.69, 9.17) is 23.7 Å². The molecule has 0 aromatic heterocycles. The Bertz CT molecular complexity index is 1160. The number of aliphatic carboxylic acids is 1. The maximum atomic E-state index is 12.9. The fourth-order valence-electron chi connectivity index (χ4n) is 6.18. The minimum Gasteiger partial charge on any atom is -0.480 e. The molecule has 2 aliphatic carbocycles. The van der Waals surface area contributed by atoms with Crippen molar-refractivity contribution >= 4 is 24.0 Å². The summed E-state index contributed by atoms with van der Waals surface area (Å²) in [5, 5.41) is 15.0. The smallest absolute Gasteiger partial charge is 0.332 e. The molecule has 1 aromatic rings. The van der Waals surface area contributed by atoms with Gasteiger partial charge in [-0.05, 0) is 31.2 Å². The van der Waals surface area contributed by atoms with E-state index in [-0.39, 0.29) is 18.6 Å². The van der Waals surface area contributed by atoms with Gasteiger partial charge in [-0.3, -0.25) is 0 Å². The second-order valence-electron chi connectivity index (χ2n) is 12.6. The number of hydrogen-bond donors (Lipinski definition) is 3. The van der Waals surface area contributed by atoms with Crippen LogP contribution in [0.3, 0.4) is 0 Å². The number of urea groups is 2. The summed E-state index contributed by atoms with van der Waals surface area (Å²) in [4.78, 5) is 52.1. The van der Waals surface area contributed by atoms with Crippen LogP contribution < -0.4 is 10.6 Å². The summed E-state index contributed by atoms with van der Waals surface area (Å²) in [6, 6.07) is 8.85. The molecule has 0 bridgehead atoms. The first-order valence-electron chi connectivity index (χ1n) is 16.6. The summed E-state index contributed by atoms with van der Waals surface area (Å²) in [6.45, 7) is 2.95. The zero-order chi connectivity index (χ0) is 33.7. The van der Waals surface area contributed by atoms with Gasteiger partial charge < -0.3 is 49.2 Å². The quantitative estimate of drug-likeness (QED) is 0.317. The Kier molecular flexibility index (Phi) is 13.6. The summed E-state index contributed by atoms with van der Waals surface area (Å²) in [5.41, 5.74) is -1.16. The maximum absolute atomic E-state index is 12.9. The lowest BCUT2D eigenvalue weighted by atomic mass is 9.81. The van der Waals surface area contributed by atoms with E-state index in [1.165, 1.54) is 9.80 Å². The highest BCUT2D eigenvalue weighted by atomic mass is 16.7. The topological polar surface area (TPSA) is 165 Å². The monoisotopic (exact) mass is 662 g/mol. The highest BCUT2D eigenvalue weighted by molar-refractivity contribution is 5.88. The van der Waals surface area contributed by atoms with Gasteiger partial charge in [0.05, 0.1) is 39.5 Å². The van der Waals surface area contributed by atoms with Crippen molar-refractivity contribution < 1.29 is 48.0 Å². The molecule has 4 amide bonds. The van der Waals surface area contributed by atoms with E-state index in [0.29, 0.717) is 65.2 Å². The molecule has 0 atom stereocenters.